The normalized spacial score (nSPS) is 11.3. The van der Waals surface area contributed by atoms with Gasteiger partial charge in [0, 0.05) is 20.8 Å². The van der Waals surface area contributed by atoms with Crippen LogP contribution in [0, 0.1) is 0 Å². The Morgan fingerprint density at radius 2 is 1.11 bits per heavy atom. The van der Waals surface area contributed by atoms with Gasteiger partial charge in [-0.15, -0.1) is 0 Å². The molecule has 0 aromatic heterocycles. The zero-order valence-electron chi connectivity index (χ0n) is 12.6. The average molecular weight is 276 g/mol. The second-order valence-electron chi connectivity index (χ2n) is 4.81. The maximum Gasteiger partial charge on any atom is 0.483 e. The van der Waals surface area contributed by atoms with Crippen LogP contribution in [0.1, 0.15) is 71.1 Å². The summed E-state index contributed by atoms with van der Waals surface area (Å²) >= 11 is 0. The van der Waals surface area contributed by atoms with Crippen LogP contribution in [-0.4, -0.2) is 30.4 Å². The number of hydrogen-bond acceptors (Lipinski definition) is 3. The molecule has 0 saturated carbocycles. The molecule has 0 bridgehead atoms. The van der Waals surface area contributed by atoms with Crippen molar-refractivity contribution in [3.63, 3.8) is 0 Å². The second kappa shape index (κ2) is 15.2. The minimum Gasteiger partial charge on any atom is -0.379 e. The fourth-order valence-electron chi connectivity index (χ4n) is 2.00. The molecule has 0 aliphatic rings. The van der Waals surface area contributed by atoms with E-state index in [1.807, 2.05) is 0 Å². The van der Waals surface area contributed by atoms with E-state index in [-0.39, 0.29) is 0 Å². The molecule has 0 heterocycles. The van der Waals surface area contributed by atoms with E-state index in [9.17, 15) is 0 Å². The highest BCUT2D eigenvalue weighted by Crippen LogP contribution is 2.10. The first-order valence-electron chi connectivity index (χ1n) is 7.52. The Labute approximate surface area is 115 Å². The van der Waals surface area contributed by atoms with E-state index in [4.69, 9.17) is 13.3 Å². The first-order chi connectivity index (χ1) is 8.85. The van der Waals surface area contributed by atoms with Crippen molar-refractivity contribution in [2.45, 2.75) is 71.1 Å². The maximum absolute atomic E-state index is 5.51. The summed E-state index contributed by atoms with van der Waals surface area (Å²) in [6.07, 6.45) is 13.5. The van der Waals surface area contributed by atoms with Gasteiger partial charge in [-0.2, -0.15) is 0 Å². The molecule has 110 valence electrons. The van der Waals surface area contributed by atoms with Crippen molar-refractivity contribution in [2.75, 3.05) is 20.8 Å². The van der Waals surface area contributed by atoms with E-state index >= 15 is 0 Å². The van der Waals surface area contributed by atoms with E-state index in [1.165, 1.54) is 57.8 Å². The third kappa shape index (κ3) is 12.6. The molecule has 0 fully saturated rings. The topological polar surface area (TPSA) is 27.7 Å². The summed E-state index contributed by atoms with van der Waals surface area (Å²) in [5.41, 5.74) is 0. The van der Waals surface area contributed by atoms with E-state index < -0.39 is 9.53 Å². The molecule has 0 N–H and O–H groups in total. The molecule has 18 heavy (non-hydrogen) atoms. The van der Waals surface area contributed by atoms with E-state index in [0.29, 0.717) is 0 Å². The Morgan fingerprint density at radius 3 is 1.56 bits per heavy atom. The lowest BCUT2D eigenvalue weighted by atomic mass is 10.1. The fraction of sp³-hybridized carbons (Fsp3) is 1.00. The Bertz CT molecular complexity index is 152. The van der Waals surface area contributed by atoms with Gasteiger partial charge in [-0.1, -0.05) is 64.7 Å². The molecule has 0 spiro atoms. The van der Waals surface area contributed by atoms with Crippen molar-refractivity contribution < 1.29 is 13.3 Å². The van der Waals surface area contributed by atoms with Crippen molar-refractivity contribution in [1.29, 1.82) is 0 Å². The van der Waals surface area contributed by atoms with Crippen LogP contribution in [0.2, 0.25) is 0 Å². The molecule has 0 atom stereocenters. The van der Waals surface area contributed by atoms with Crippen LogP contribution in [0.25, 0.3) is 0 Å². The molecule has 0 rings (SSSR count). The van der Waals surface area contributed by atoms with Crippen LogP contribution in [0.3, 0.4) is 0 Å². The van der Waals surface area contributed by atoms with Gasteiger partial charge < -0.3 is 13.3 Å². The molecule has 0 radical (unpaired) electrons. The monoisotopic (exact) mass is 276 g/mol. The second-order valence-corrected chi connectivity index (χ2v) is 6.67. The number of hydrogen-bond donors (Lipinski definition) is 0. The quantitative estimate of drug-likeness (QED) is 0.355. The average Bonchev–Trinajstić information content (AvgIpc) is 2.40. The van der Waals surface area contributed by atoms with Gasteiger partial charge in [0.25, 0.3) is 0 Å². The lowest BCUT2D eigenvalue weighted by Crippen LogP contribution is -2.24. The molecule has 0 unspecified atom stereocenters. The first-order valence-corrected chi connectivity index (χ1v) is 8.93. The van der Waals surface area contributed by atoms with Gasteiger partial charge in [0.05, 0.1) is 0 Å². The summed E-state index contributed by atoms with van der Waals surface area (Å²) in [7, 11) is 1.53. The van der Waals surface area contributed by atoms with Crippen LogP contribution in [-0.2, 0) is 13.3 Å². The summed E-state index contributed by atoms with van der Waals surface area (Å²) in [4.78, 5) is 0. The summed E-state index contributed by atoms with van der Waals surface area (Å²) in [5, 5.41) is 0. The van der Waals surface area contributed by atoms with Crippen molar-refractivity contribution in [2.24, 2.45) is 0 Å². The van der Waals surface area contributed by atoms with Gasteiger partial charge in [0.1, 0.15) is 0 Å². The lowest BCUT2D eigenvalue weighted by Gasteiger charge is -2.11. The number of unbranched alkanes of at least 4 members (excludes halogenated alkanes) is 9. The molecule has 0 aliphatic heterocycles. The third-order valence-corrected chi connectivity index (χ3v) is 4.41. The molecule has 0 saturated heterocycles. The predicted molar refractivity (Wildman–Crippen MR) is 79.0 cm³/mol. The lowest BCUT2D eigenvalue weighted by molar-refractivity contribution is 0.133. The highest BCUT2D eigenvalue weighted by atomic mass is 28.3. The SMILES string of the molecule is CCCCCCCCCCCCO[SiH](OC)OC. The largest absolute Gasteiger partial charge is 0.483 e. The van der Waals surface area contributed by atoms with E-state index in [1.54, 1.807) is 14.2 Å². The van der Waals surface area contributed by atoms with Crippen LogP contribution < -0.4 is 0 Å². The van der Waals surface area contributed by atoms with Gasteiger partial charge in [-0.3, -0.25) is 0 Å². The third-order valence-electron chi connectivity index (χ3n) is 3.14. The van der Waals surface area contributed by atoms with Crippen molar-refractivity contribution in [3.8, 4) is 0 Å². The van der Waals surface area contributed by atoms with Gasteiger partial charge in [0.15, 0.2) is 0 Å². The van der Waals surface area contributed by atoms with Crippen LogP contribution in [0.4, 0.5) is 0 Å². The fourth-order valence-corrected chi connectivity index (χ4v) is 2.83. The Morgan fingerprint density at radius 1 is 0.667 bits per heavy atom. The molecule has 3 nitrogen and oxygen atoms in total. The summed E-state index contributed by atoms with van der Waals surface area (Å²) in [5.74, 6) is 0. The summed E-state index contributed by atoms with van der Waals surface area (Å²) in [6, 6.07) is 0. The molecule has 4 heteroatoms. The Balaban J connectivity index is 3.03. The number of rotatable bonds is 14. The standard InChI is InChI=1S/C14H32O3Si/c1-4-5-6-7-8-9-10-11-12-13-14-17-18(15-2)16-3/h18H,4-14H2,1-3H3. The highest BCUT2D eigenvalue weighted by molar-refractivity contribution is 6.36. The van der Waals surface area contributed by atoms with Gasteiger partial charge in [-0.25, -0.2) is 0 Å². The maximum atomic E-state index is 5.51. The first kappa shape index (κ1) is 18.1. The predicted octanol–water partition coefficient (Wildman–Crippen LogP) is 3.93. The molecule has 0 aromatic carbocycles. The van der Waals surface area contributed by atoms with Crippen LogP contribution >= 0.6 is 0 Å². The van der Waals surface area contributed by atoms with Gasteiger partial charge >= 0.3 is 9.53 Å². The van der Waals surface area contributed by atoms with Crippen molar-refractivity contribution in [1.82, 2.24) is 0 Å². The molecular formula is C14H32O3Si. The van der Waals surface area contributed by atoms with Crippen LogP contribution in [0.15, 0.2) is 0 Å². The molecule has 0 amide bonds. The minimum absolute atomic E-state index is 0.787. The van der Waals surface area contributed by atoms with Crippen molar-refractivity contribution in [3.05, 3.63) is 0 Å². The van der Waals surface area contributed by atoms with Crippen LogP contribution in [0.5, 0.6) is 0 Å². The zero-order valence-corrected chi connectivity index (χ0v) is 13.7. The molecular weight excluding hydrogens is 244 g/mol. The van der Waals surface area contributed by atoms with Gasteiger partial charge in [0.2, 0.25) is 0 Å². The molecule has 0 aromatic rings. The van der Waals surface area contributed by atoms with E-state index in [2.05, 4.69) is 6.92 Å². The molecule has 0 aliphatic carbocycles. The Kier molecular flexibility index (Phi) is 15.2. The van der Waals surface area contributed by atoms with Gasteiger partial charge in [-0.05, 0) is 6.42 Å². The summed E-state index contributed by atoms with van der Waals surface area (Å²) < 4.78 is 15.7. The minimum atomic E-state index is -1.77. The highest BCUT2D eigenvalue weighted by Gasteiger charge is 2.09. The van der Waals surface area contributed by atoms with E-state index in [0.717, 1.165) is 13.0 Å². The van der Waals surface area contributed by atoms with Crippen molar-refractivity contribution >= 4 is 9.53 Å². The smallest absolute Gasteiger partial charge is 0.379 e. The zero-order chi connectivity index (χ0) is 13.5. The Hall–Kier alpha value is 0.0969. The summed E-state index contributed by atoms with van der Waals surface area (Å²) in [6.45, 7) is 3.05.